The van der Waals surface area contributed by atoms with Crippen LogP contribution < -0.4 is 0 Å². The molecule has 0 aliphatic carbocycles. The van der Waals surface area contributed by atoms with Crippen LogP contribution in [0.25, 0.3) is 0 Å². The van der Waals surface area contributed by atoms with Gasteiger partial charge in [0.25, 0.3) is 0 Å². The van der Waals surface area contributed by atoms with E-state index < -0.39 is 0 Å². The van der Waals surface area contributed by atoms with Gasteiger partial charge >= 0.3 is 0 Å². The van der Waals surface area contributed by atoms with Crippen LogP contribution in [-0.2, 0) is 0 Å². The van der Waals surface area contributed by atoms with E-state index in [4.69, 9.17) is 0 Å². The second kappa shape index (κ2) is 3.32. The fraction of sp³-hybridized carbons (Fsp3) is 0.200. The molecule has 1 aromatic rings. The summed E-state index contributed by atoms with van der Waals surface area (Å²) in [4.78, 5) is 1.38. The van der Waals surface area contributed by atoms with Crippen LogP contribution in [0.1, 0.15) is 4.88 Å². The molecule has 0 N–H and O–H groups in total. The smallest absolute Gasteiger partial charge is 0.00141 e. The second-order valence-electron chi connectivity index (χ2n) is 1.22. The van der Waals surface area contributed by atoms with Crippen LogP contribution in [0.2, 0.25) is 0 Å². The van der Waals surface area contributed by atoms with Crippen molar-refractivity contribution in [1.82, 2.24) is 0 Å². The Morgan fingerprint density at radius 3 is 2.43 bits per heavy atom. The van der Waals surface area contributed by atoms with Gasteiger partial charge in [-0.25, -0.2) is 0 Å². The van der Waals surface area contributed by atoms with Crippen molar-refractivity contribution in [2.45, 2.75) is 6.92 Å². The molecule has 1 aromatic heterocycles. The van der Waals surface area contributed by atoms with Gasteiger partial charge in [-0.15, -0.1) is 11.3 Å². The van der Waals surface area contributed by atoms with Crippen LogP contribution in [0.4, 0.5) is 0 Å². The topological polar surface area (TPSA) is 0 Å². The molecule has 0 aliphatic rings. The Balaban J connectivity index is 0.000000360. The van der Waals surface area contributed by atoms with Crippen molar-refractivity contribution in [3.8, 4) is 0 Å². The number of rotatable bonds is 0. The molecular formula is C5H6LiS. The van der Waals surface area contributed by atoms with Crippen molar-refractivity contribution < 1.29 is 0 Å². The molecule has 0 spiro atoms. The zero-order chi connectivity index (χ0) is 4.41. The summed E-state index contributed by atoms with van der Waals surface area (Å²) in [5, 5.41) is 2.08. The number of aryl methyl sites for hydroxylation is 1. The summed E-state index contributed by atoms with van der Waals surface area (Å²) >= 11 is 1.78. The fourth-order valence-electron chi connectivity index (χ4n) is 0.361. The van der Waals surface area contributed by atoms with Gasteiger partial charge in [-0.1, -0.05) is 6.07 Å². The second-order valence-corrected chi connectivity index (χ2v) is 2.38. The molecule has 0 atom stereocenters. The third-order valence-electron chi connectivity index (χ3n) is 0.663. The molecule has 0 saturated heterocycles. The molecule has 1 heterocycles. The van der Waals surface area contributed by atoms with Crippen LogP contribution in [0, 0.1) is 6.92 Å². The Morgan fingerprint density at radius 1 is 1.57 bits per heavy atom. The third kappa shape index (κ3) is 2.18. The van der Waals surface area contributed by atoms with Gasteiger partial charge in [-0.05, 0) is 18.4 Å². The van der Waals surface area contributed by atoms with E-state index in [1.807, 2.05) is 0 Å². The van der Waals surface area contributed by atoms with Crippen molar-refractivity contribution in [1.29, 1.82) is 0 Å². The van der Waals surface area contributed by atoms with E-state index in [0.29, 0.717) is 0 Å². The van der Waals surface area contributed by atoms with Crippen LogP contribution in [0.15, 0.2) is 17.5 Å². The van der Waals surface area contributed by atoms with Crippen molar-refractivity contribution in [2.75, 3.05) is 0 Å². The molecule has 2 heteroatoms. The number of hydrogen-bond acceptors (Lipinski definition) is 1. The summed E-state index contributed by atoms with van der Waals surface area (Å²) < 4.78 is 0. The van der Waals surface area contributed by atoms with E-state index in [1.165, 1.54) is 4.88 Å². The molecule has 0 saturated carbocycles. The van der Waals surface area contributed by atoms with E-state index in [9.17, 15) is 0 Å². The maximum absolute atomic E-state index is 2.10. The van der Waals surface area contributed by atoms with Gasteiger partial charge in [0.1, 0.15) is 0 Å². The molecule has 1 rings (SSSR count). The van der Waals surface area contributed by atoms with Gasteiger partial charge in [-0.2, -0.15) is 0 Å². The molecule has 33 valence electrons. The molecule has 0 amide bonds. The Hall–Kier alpha value is 0.297. The van der Waals surface area contributed by atoms with Crippen molar-refractivity contribution in [2.24, 2.45) is 0 Å². The maximum Gasteiger partial charge on any atom is 0.00141 e. The summed E-state index contributed by atoms with van der Waals surface area (Å²) in [6.07, 6.45) is 0. The van der Waals surface area contributed by atoms with Crippen molar-refractivity contribution >= 4 is 30.2 Å². The van der Waals surface area contributed by atoms with E-state index in [2.05, 4.69) is 24.4 Å². The van der Waals surface area contributed by atoms with Crippen molar-refractivity contribution in [3.63, 3.8) is 0 Å². The fourth-order valence-corrected chi connectivity index (χ4v) is 0.890. The Labute approximate surface area is 59.7 Å². The minimum atomic E-state index is 0. The summed E-state index contributed by atoms with van der Waals surface area (Å²) in [6.45, 7) is 2.10. The number of thiophene rings is 1. The third-order valence-corrected chi connectivity index (χ3v) is 1.46. The van der Waals surface area contributed by atoms with Gasteiger partial charge in [-0.3, -0.25) is 0 Å². The Morgan fingerprint density at radius 2 is 2.29 bits per heavy atom. The summed E-state index contributed by atoms with van der Waals surface area (Å²) in [5.41, 5.74) is 0. The number of hydrogen-bond donors (Lipinski definition) is 0. The SMILES string of the molecule is Cc1cccs1.[Li]. The normalized spacial score (nSPS) is 7.57. The first-order valence-corrected chi connectivity index (χ1v) is 2.77. The average molecular weight is 105 g/mol. The predicted molar refractivity (Wildman–Crippen MR) is 34.8 cm³/mol. The molecule has 0 aromatic carbocycles. The zero-order valence-electron chi connectivity index (χ0n) is 4.64. The van der Waals surface area contributed by atoms with E-state index in [0.717, 1.165) is 0 Å². The minimum Gasteiger partial charge on any atom is -0.149 e. The summed E-state index contributed by atoms with van der Waals surface area (Å²) in [7, 11) is 0. The molecular weight excluding hydrogens is 99.1 g/mol. The van der Waals surface area contributed by atoms with Crippen LogP contribution in [-0.4, -0.2) is 18.9 Å². The van der Waals surface area contributed by atoms with Gasteiger partial charge in [0.2, 0.25) is 0 Å². The van der Waals surface area contributed by atoms with Gasteiger partial charge < -0.3 is 0 Å². The Kier molecular flexibility index (Phi) is 3.46. The zero-order valence-corrected chi connectivity index (χ0v) is 5.46. The van der Waals surface area contributed by atoms with Crippen molar-refractivity contribution in [3.05, 3.63) is 22.4 Å². The molecule has 0 unspecified atom stereocenters. The van der Waals surface area contributed by atoms with E-state index in [-0.39, 0.29) is 18.9 Å². The largest absolute Gasteiger partial charge is 0.149 e. The van der Waals surface area contributed by atoms with Gasteiger partial charge in [0.05, 0.1) is 0 Å². The molecule has 0 nitrogen and oxygen atoms in total. The van der Waals surface area contributed by atoms with Gasteiger partial charge in [0.15, 0.2) is 0 Å². The average Bonchev–Trinajstić information content (AvgIpc) is 1.86. The molecule has 0 bridgehead atoms. The van der Waals surface area contributed by atoms with E-state index in [1.54, 1.807) is 11.3 Å². The predicted octanol–water partition coefficient (Wildman–Crippen LogP) is 1.68. The first kappa shape index (κ1) is 7.30. The minimum absolute atomic E-state index is 0. The molecule has 0 aliphatic heterocycles. The first-order chi connectivity index (χ1) is 2.89. The summed E-state index contributed by atoms with van der Waals surface area (Å²) in [6, 6.07) is 4.16. The monoisotopic (exact) mass is 105 g/mol. The van der Waals surface area contributed by atoms with E-state index >= 15 is 0 Å². The first-order valence-electron chi connectivity index (χ1n) is 1.90. The quantitative estimate of drug-likeness (QED) is 0.440. The molecule has 1 radical (unpaired) electrons. The van der Waals surface area contributed by atoms with Crippen LogP contribution >= 0.6 is 11.3 Å². The maximum atomic E-state index is 2.10. The summed E-state index contributed by atoms with van der Waals surface area (Å²) in [5.74, 6) is 0. The molecule has 7 heavy (non-hydrogen) atoms. The van der Waals surface area contributed by atoms with Gasteiger partial charge in [0, 0.05) is 23.7 Å². The van der Waals surface area contributed by atoms with Crippen LogP contribution in [0.3, 0.4) is 0 Å². The standard InChI is InChI=1S/C5H6S.Li/c1-5-3-2-4-6-5;/h2-4H,1H3;. The Bertz CT molecular complexity index is 112. The molecule has 0 fully saturated rings. The van der Waals surface area contributed by atoms with Crippen LogP contribution in [0.5, 0.6) is 0 Å².